The van der Waals surface area contributed by atoms with Gasteiger partial charge in [-0.2, -0.15) is 0 Å². The SMILES string of the molecule is O=C(C1=CCCCC1)N(C1C=CCCC1)C1CCCC1. The van der Waals surface area contributed by atoms with Crippen LogP contribution < -0.4 is 0 Å². The van der Waals surface area contributed by atoms with Gasteiger partial charge in [-0.1, -0.05) is 31.1 Å². The molecular formula is C18H27NO. The lowest BCUT2D eigenvalue weighted by Gasteiger charge is -2.37. The predicted octanol–water partition coefficient (Wildman–Crippen LogP) is 4.37. The maximum Gasteiger partial charge on any atom is 0.250 e. The zero-order valence-electron chi connectivity index (χ0n) is 12.5. The molecule has 2 heteroatoms. The largest absolute Gasteiger partial charge is 0.330 e. The molecular weight excluding hydrogens is 246 g/mol. The number of carbonyl (C=O) groups is 1. The zero-order chi connectivity index (χ0) is 13.8. The summed E-state index contributed by atoms with van der Waals surface area (Å²) in [6, 6.07) is 0.861. The van der Waals surface area contributed by atoms with Gasteiger partial charge in [-0.3, -0.25) is 4.79 Å². The third-order valence-electron chi connectivity index (χ3n) is 5.10. The summed E-state index contributed by atoms with van der Waals surface area (Å²) in [5.41, 5.74) is 1.10. The van der Waals surface area contributed by atoms with Crippen LogP contribution in [0.25, 0.3) is 0 Å². The second kappa shape index (κ2) is 6.60. The van der Waals surface area contributed by atoms with E-state index in [9.17, 15) is 4.79 Å². The van der Waals surface area contributed by atoms with Gasteiger partial charge in [0.1, 0.15) is 0 Å². The summed E-state index contributed by atoms with van der Waals surface area (Å²) in [4.78, 5) is 15.3. The van der Waals surface area contributed by atoms with Crippen LogP contribution in [-0.4, -0.2) is 22.9 Å². The van der Waals surface area contributed by atoms with Gasteiger partial charge in [0.05, 0.1) is 6.04 Å². The third kappa shape index (κ3) is 2.99. The average Bonchev–Trinajstić information content (AvgIpc) is 3.03. The molecule has 0 aromatic rings. The summed E-state index contributed by atoms with van der Waals surface area (Å²) in [5.74, 6) is 0.355. The van der Waals surface area contributed by atoms with E-state index >= 15 is 0 Å². The molecule has 3 rings (SSSR count). The summed E-state index contributed by atoms with van der Waals surface area (Å²) < 4.78 is 0. The molecule has 0 saturated heterocycles. The van der Waals surface area contributed by atoms with Gasteiger partial charge in [0, 0.05) is 11.6 Å². The predicted molar refractivity (Wildman–Crippen MR) is 82.4 cm³/mol. The van der Waals surface area contributed by atoms with E-state index in [4.69, 9.17) is 0 Å². The highest BCUT2D eigenvalue weighted by molar-refractivity contribution is 5.94. The lowest BCUT2D eigenvalue weighted by atomic mass is 9.94. The molecule has 1 unspecified atom stereocenters. The minimum absolute atomic E-state index is 0.355. The molecule has 0 spiro atoms. The van der Waals surface area contributed by atoms with Crippen LogP contribution >= 0.6 is 0 Å². The van der Waals surface area contributed by atoms with E-state index in [1.54, 1.807) is 0 Å². The van der Waals surface area contributed by atoms with Crippen molar-refractivity contribution in [3.63, 3.8) is 0 Å². The van der Waals surface area contributed by atoms with E-state index in [1.165, 1.54) is 51.4 Å². The maximum atomic E-state index is 13.0. The van der Waals surface area contributed by atoms with Crippen LogP contribution in [0.4, 0.5) is 0 Å². The molecule has 1 saturated carbocycles. The molecule has 2 nitrogen and oxygen atoms in total. The van der Waals surface area contributed by atoms with Gasteiger partial charge in [-0.15, -0.1) is 0 Å². The molecule has 0 heterocycles. The van der Waals surface area contributed by atoms with Crippen LogP contribution in [-0.2, 0) is 4.79 Å². The van der Waals surface area contributed by atoms with E-state index in [0.717, 1.165) is 24.8 Å². The van der Waals surface area contributed by atoms with Gasteiger partial charge in [-0.05, 0) is 57.8 Å². The minimum Gasteiger partial charge on any atom is -0.330 e. The lowest BCUT2D eigenvalue weighted by molar-refractivity contribution is -0.131. The number of allylic oxidation sites excluding steroid dienone is 2. The van der Waals surface area contributed by atoms with Crippen LogP contribution in [0.1, 0.15) is 70.6 Å². The highest BCUT2D eigenvalue weighted by atomic mass is 16.2. The first kappa shape index (κ1) is 13.9. The molecule has 1 fully saturated rings. The molecule has 3 aliphatic carbocycles. The Morgan fingerprint density at radius 3 is 2.50 bits per heavy atom. The second-order valence-corrected chi connectivity index (χ2v) is 6.55. The average molecular weight is 273 g/mol. The molecule has 0 aliphatic heterocycles. The van der Waals surface area contributed by atoms with Gasteiger partial charge in [-0.25, -0.2) is 0 Å². The van der Waals surface area contributed by atoms with Crippen LogP contribution in [0, 0.1) is 0 Å². The van der Waals surface area contributed by atoms with Crippen molar-refractivity contribution in [3.8, 4) is 0 Å². The van der Waals surface area contributed by atoms with E-state index in [2.05, 4.69) is 23.1 Å². The fraction of sp³-hybridized carbons (Fsp3) is 0.722. The van der Waals surface area contributed by atoms with E-state index in [0.29, 0.717) is 18.0 Å². The Morgan fingerprint density at radius 1 is 1.00 bits per heavy atom. The van der Waals surface area contributed by atoms with E-state index < -0.39 is 0 Å². The molecule has 0 aromatic heterocycles. The minimum atomic E-state index is 0.355. The van der Waals surface area contributed by atoms with E-state index in [1.807, 2.05) is 0 Å². The van der Waals surface area contributed by atoms with Gasteiger partial charge < -0.3 is 4.90 Å². The molecule has 0 N–H and O–H groups in total. The molecule has 20 heavy (non-hydrogen) atoms. The van der Waals surface area contributed by atoms with Gasteiger partial charge in [0.2, 0.25) is 5.91 Å². The highest BCUT2D eigenvalue weighted by Gasteiger charge is 2.33. The lowest BCUT2D eigenvalue weighted by Crippen LogP contribution is -2.46. The topological polar surface area (TPSA) is 20.3 Å². The molecule has 1 atom stereocenters. The number of hydrogen-bond acceptors (Lipinski definition) is 1. The van der Waals surface area contributed by atoms with Crippen LogP contribution in [0.5, 0.6) is 0 Å². The Kier molecular flexibility index (Phi) is 4.59. The number of carbonyl (C=O) groups excluding carboxylic acids is 1. The van der Waals surface area contributed by atoms with Gasteiger partial charge in [0.15, 0.2) is 0 Å². The molecule has 0 bridgehead atoms. The van der Waals surface area contributed by atoms with Crippen molar-refractivity contribution >= 4 is 5.91 Å². The zero-order valence-corrected chi connectivity index (χ0v) is 12.5. The van der Waals surface area contributed by atoms with Crippen molar-refractivity contribution in [1.82, 2.24) is 4.90 Å². The summed E-state index contributed by atoms with van der Waals surface area (Å²) in [6.45, 7) is 0. The second-order valence-electron chi connectivity index (χ2n) is 6.55. The normalized spacial score (nSPS) is 27.4. The Bertz CT molecular complexity index is 404. The fourth-order valence-electron chi connectivity index (χ4n) is 3.99. The number of nitrogens with zero attached hydrogens (tertiary/aromatic N) is 1. The fourth-order valence-corrected chi connectivity index (χ4v) is 3.99. The molecule has 0 radical (unpaired) electrons. The number of hydrogen-bond donors (Lipinski definition) is 0. The van der Waals surface area contributed by atoms with Crippen molar-refractivity contribution in [2.24, 2.45) is 0 Å². The first-order valence-corrected chi connectivity index (χ1v) is 8.54. The van der Waals surface area contributed by atoms with Crippen LogP contribution in [0.15, 0.2) is 23.8 Å². The summed E-state index contributed by atoms with van der Waals surface area (Å²) in [6.07, 6.45) is 19.9. The Hall–Kier alpha value is -1.05. The molecule has 110 valence electrons. The monoisotopic (exact) mass is 273 g/mol. The van der Waals surface area contributed by atoms with Crippen LogP contribution in [0.3, 0.4) is 0 Å². The van der Waals surface area contributed by atoms with Crippen LogP contribution in [0.2, 0.25) is 0 Å². The van der Waals surface area contributed by atoms with E-state index in [-0.39, 0.29) is 0 Å². The molecule has 1 amide bonds. The number of amides is 1. The Labute approximate surface area is 122 Å². The van der Waals surface area contributed by atoms with Crippen molar-refractivity contribution in [2.45, 2.75) is 82.7 Å². The van der Waals surface area contributed by atoms with Gasteiger partial charge >= 0.3 is 0 Å². The highest BCUT2D eigenvalue weighted by Crippen LogP contribution is 2.31. The summed E-state index contributed by atoms with van der Waals surface area (Å²) >= 11 is 0. The third-order valence-corrected chi connectivity index (χ3v) is 5.10. The summed E-state index contributed by atoms with van der Waals surface area (Å²) in [5, 5.41) is 0. The maximum absolute atomic E-state index is 13.0. The summed E-state index contributed by atoms with van der Waals surface area (Å²) in [7, 11) is 0. The smallest absolute Gasteiger partial charge is 0.250 e. The molecule has 0 aromatic carbocycles. The first-order valence-electron chi connectivity index (χ1n) is 8.54. The Morgan fingerprint density at radius 2 is 1.85 bits per heavy atom. The molecule has 3 aliphatic rings. The van der Waals surface area contributed by atoms with Gasteiger partial charge in [0.25, 0.3) is 0 Å². The van der Waals surface area contributed by atoms with Crippen molar-refractivity contribution in [3.05, 3.63) is 23.8 Å². The van der Waals surface area contributed by atoms with Crippen molar-refractivity contribution < 1.29 is 4.79 Å². The first-order chi connectivity index (χ1) is 9.86. The Balaban J connectivity index is 1.80. The van der Waals surface area contributed by atoms with Crippen molar-refractivity contribution in [1.29, 1.82) is 0 Å². The van der Waals surface area contributed by atoms with Crippen molar-refractivity contribution in [2.75, 3.05) is 0 Å². The number of rotatable bonds is 3. The standard InChI is InChI=1S/C18H27NO/c20-18(15-9-3-1-4-10-15)19(17-13-7-8-14-17)16-11-5-2-6-12-16/h5,9,11,16-17H,1-4,6-8,10,12-14H2. The quantitative estimate of drug-likeness (QED) is 0.699.